The van der Waals surface area contributed by atoms with E-state index >= 15 is 0 Å². The fourth-order valence-corrected chi connectivity index (χ4v) is 2.65. The van der Waals surface area contributed by atoms with Gasteiger partial charge in [-0.2, -0.15) is 0 Å². The van der Waals surface area contributed by atoms with Crippen LogP contribution in [0, 0.1) is 0 Å². The highest BCUT2D eigenvalue weighted by Gasteiger charge is 2.51. The predicted octanol–water partition coefficient (Wildman–Crippen LogP) is 1.17. The van der Waals surface area contributed by atoms with Crippen molar-refractivity contribution < 1.29 is 14.3 Å². The van der Waals surface area contributed by atoms with Crippen molar-refractivity contribution in [3.63, 3.8) is 0 Å². The molecule has 1 spiro atoms. The van der Waals surface area contributed by atoms with Gasteiger partial charge in [0.2, 0.25) is 0 Å². The first-order valence-electron chi connectivity index (χ1n) is 5.02. The normalized spacial score (nSPS) is 41.1. The summed E-state index contributed by atoms with van der Waals surface area (Å²) in [6.45, 7) is 0.574. The summed E-state index contributed by atoms with van der Waals surface area (Å²) in [6, 6.07) is 0. The molecule has 15 heavy (non-hydrogen) atoms. The maximum Gasteiger partial charge on any atom is 0.149 e. The molecule has 0 aromatic rings. The number of carbonyl (C=O) groups is 1. The molecular formula is C12H12O3. The molecule has 0 N–H and O–H groups in total. The van der Waals surface area contributed by atoms with Gasteiger partial charge in [-0.1, -0.05) is 6.08 Å². The average Bonchev–Trinajstić information content (AvgIpc) is 2.71. The number of ether oxygens (including phenoxy) is 2. The molecule has 0 fully saturated rings. The Morgan fingerprint density at radius 1 is 1.53 bits per heavy atom. The fourth-order valence-electron chi connectivity index (χ4n) is 2.65. The number of hydrogen-bond donors (Lipinski definition) is 0. The fraction of sp³-hybridized carbons (Fsp3) is 0.417. The zero-order valence-corrected chi connectivity index (χ0v) is 8.53. The van der Waals surface area contributed by atoms with E-state index in [-0.39, 0.29) is 0 Å². The molecule has 3 nitrogen and oxygen atoms in total. The first kappa shape index (κ1) is 9.07. The molecule has 2 atom stereocenters. The summed E-state index contributed by atoms with van der Waals surface area (Å²) >= 11 is 0. The van der Waals surface area contributed by atoms with Crippen LogP contribution >= 0.6 is 0 Å². The van der Waals surface area contributed by atoms with Crippen LogP contribution in [-0.4, -0.2) is 31.2 Å². The van der Waals surface area contributed by atoms with E-state index in [2.05, 4.69) is 0 Å². The Bertz CT molecular complexity index is 419. The zero-order chi connectivity index (χ0) is 10.5. The van der Waals surface area contributed by atoms with Crippen LogP contribution < -0.4 is 0 Å². The van der Waals surface area contributed by atoms with Crippen LogP contribution in [0.1, 0.15) is 6.42 Å². The topological polar surface area (TPSA) is 35.5 Å². The van der Waals surface area contributed by atoms with E-state index in [1.807, 2.05) is 24.3 Å². The summed E-state index contributed by atoms with van der Waals surface area (Å²) in [7, 11) is 1.66. The van der Waals surface area contributed by atoms with Gasteiger partial charge in [-0.05, 0) is 23.8 Å². The van der Waals surface area contributed by atoms with Gasteiger partial charge in [-0.3, -0.25) is 4.79 Å². The lowest BCUT2D eigenvalue weighted by Crippen LogP contribution is -2.47. The second kappa shape index (κ2) is 2.68. The second-order valence-electron chi connectivity index (χ2n) is 4.16. The first-order chi connectivity index (χ1) is 7.25. The molecule has 4 rings (SSSR count). The Morgan fingerprint density at radius 2 is 2.40 bits per heavy atom. The molecule has 3 heteroatoms. The van der Waals surface area contributed by atoms with Gasteiger partial charge in [0.25, 0.3) is 0 Å². The summed E-state index contributed by atoms with van der Waals surface area (Å²) in [5.41, 5.74) is 0.817. The molecule has 0 radical (unpaired) electrons. The molecule has 78 valence electrons. The largest absolute Gasteiger partial charge is 0.370 e. The van der Waals surface area contributed by atoms with Crippen molar-refractivity contribution in [2.45, 2.75) is 17.6 Å². The molecule has 4 aliphatic rings. The monoisotopic (exact) mass is 204 g/mol. The van der Waals surface area contributed by atoms with Crippen molar-refractivity contribution in [3.05, 3.63) is 35.5 Å². The highest BCUT2D eigenvalue weighted by atomic mass is 16.5. The third-order valence-electron chi connectivity index (χ3n) is 3.52. The first-order valence-corrected chi connectivity index (χ1v) is 5.02. The van der Waals surface area contributed by atoms with Crippen LogP contribution in [0.2, 0.25) is 0 Å². The molecular weight excluding hydrogens is 192 g/mol. The highest BCUT2D eigenvalue weighted by molar-refractivity contribution is 5.83. The summed E-state index contributed by atoms with van der Waals surface area (Å²) in [5.74, 6) is 0. The second-order valence-corrected chi connectivity index (χ2v) is 4.16. The van der Waals surface area contributed by atoms with Gasteiger partial charge in [0, 0.05) is 19.1 Å². The SMILES string of the molecule is COC12C=CC3(OCC=C3C1)C(C=O)=C2. The van der Waals surface area contributed by atoms with E-state index in [0.29, 0.717) is 12.2 Å². The van der Waals surface area contributed by atoms with Gasteiger partial charge in [0.1, 0.15) is 17.5 Å². The minimum Gasteiger partial charge on any atom is -0.370 e. The van der Waals surface area contributed by atoms with E-state index in [0.717, 1.165) is 18.3 Å². The van der Waals surface area contributed by atoms with E-state index in [1.54, 1.807) is 7.11 Å². The molecule has 1 aliphatic heterocycles. The lowest BCUT2D eigenvalue weighted by atomic mass is 9.68. The van der Waals surface area contributed by atoms with Crippen LogP contribution in [0.3, 0.4) is 0 Å². The van der Waals surface area contributed by atoms with E-state index in [4.69, 9.17) is 9.47 Å². The number of hydrogen-bond acceptors (Lipinski definition) is 3. The van der Waals surface area contributed by atoms with Crippen LogP contribution in [0.15, 0.2) is 35.5 Å². The number of aldehydes is 1. The molecule has 0 saturated heterocycles. The van der Waals surface area contributed by atoms with Crippen molar-refractivity contribution >= 4 is 6.29 Å². The summed E-state index contributed by atoms with van der Waals surface area (Å²) < 4.78 is 11.2. The molecule has 0 aromatic carbocycles. The third-order valence-corrected chi connectivity index (χ3v) is 3.52. The standard InChI is InChI=1S/C12H12O3/c1-14-11-3-4-12(10(7-11)8-13)9(6-11)2-5-15-12/h2-4,7-8H,5-6H2,1H3. The van der Waals surface area contributed by atoms with Crippen LogP contribution in [0.4, 0.5) is 0 Å². The Kier molecular flexibility index (Phi) is 1.62. The molecule has 2 bridgehead atoms. The Balaban J connectivity index is 2.20. The van der Waals surface area contributed by atoms with Gasteiger partial charge >= 0.3 is 0 Å². The molecule has 3 aliphatic carbocycles. The van der Waals surface area contributed by atoms with Crippen molar-refractivity contribution in [2.75, 3.05) is 13.7 Å². The minimum absolute atomic E-state index is 0.433. The third kappa shape index (κ3) is 0.945. The predicted molar refractivity (Wildman–Crippen MR) is 54.4 cm³/mol. The summed E-state index contributed by atoms with van der Waals surface area (Å²) in [5, 5.41) is 0. The van der Waals surface area contributed by atoms with Crippen molar-refractivity contribution in [1.82, 2.24) is 0 Å². The minimum atomic E-state index is -0.567. The van der Waals surface area contributed by atoms with Crippen LogP contribution in [0.5, 0.6) is 0 Å². The lowest BCUT2D eigenvalue weighted by Gasteiger charge is -2.44. The molecule has 0 aromatic heterocycles. The van der Waals surface area contributed by atoms with Crippen molar-refractivity contribution in [3.8, 4) is 0 Å². The smallest absolute Gasteiger partial charge is 0.149 e. The van der Waals surface area contributed by atoms with Gasteiger partial charge in [-0.25, -0.2) is 0 Å². The summed E-state index contributed by atoms with van der Waals surface area (Å²) in [4.78, 5) is 11.1. The van der Waals surface area contributed by atoms with Gasteiger partial charge in [-0.15, -0.1) is 0 Å². The lowest BCUT2D eigenvalue weighted by molar-refractivity contribution is -0.107. The van der Waals surface area contributed by atoms with Crippen LogP contribution in [0.25, 0.3) is 0 Å². The quantitative estimate of drug-likeness (QED) is 0.500. The van der Waals surface area contributed by atoms with E-state index < -0.39 is 11.2 Å². The molecule has 0 amide bonds. The highest BCUT2D eigenvalue weighted by Crippen LogP contribution is 2.50. The molecule has 1 heterocycles. The molecule has 0 saturated carbocycles. The molecule has 2 unspecified atom stereocenters. The number of methoxy groups -OCH3 is 1. The summed E-state index contributed by atoms with van der Waals surface area (Å²) in [6.07, 6.45) is 9.52. The maximum absolute atomic E-state index is 11.1. The van der Waals surface area contributed by atoms with Gasteiger partial charge in [0.05, 0.1) is 6.61 Å². The zero-order valence-electron chi connectivity index (χ0n) is 8.53. The van der Waals surface area contributed by atoms with Crippen LogP contribution in [-0.2, 0) is 14.3 Å². The van der Waals surface area contributed by atoms with E-state index in [1.165, 1.54) is 0 Å². The van der Waals surface area contributed by atoms with Crippen molar-refractivity contribution in [1.29, 1.82) is 0 Å². The van der Waals surface area contributed by atoms with E-state index in [9.17, 15) is 4.79 Å². The van der Waals surface area contributed by atoms with Gasteiger partial charge < -0.3 is 9.47 Å². The van der Waals surface area contributed by atoms with Crippen molar-refractivity contribution in [2.24, 2.45) is 0 Å². The Labute approximate surface area is 88.1 Å². The Hall–Kier alpha value is -1.19. The number of rotatable bonds is 2. The Morgan fingerprint density at radius 3 is 3.13 bits per heavy atom. The number of carbonyl (C=O) groups excluding carboxylic acids is 1. The maximum atomic E-state index is 11.1. The van der Waals surface area contributed by atoms with Gasteiger partial charge in [0.15, 0.2) is 0 Å². The average molecular weight is 204 g/mol.